The molecular formula is C15H21ClN2O3. The Labute approximate surface area is 129 Å². The quantitative estimate of drug-likeness (QED) is 0.729. The van der Waals surface area contributed by atoms with Gasteiger partial charge in [-0.1, -0.05) is 31.5 Å². The Morgan fingerprint density at radius 3 is 2.57 bits per heavy atom. The Kier molecular flexibility index (Phi) is 6.65. The number of aliphatic hydroxyl groups is 1. The molecule has 3 N–H and O–H groups in total. The van der Waals surface area contributed by atoms with Crippen LogP contribution in [0.1, 0.15) is 25.8 Å². The van der Waals surface area contributed by atoms with E-state index in [1.807, 2.05) is 26.8 Å². The molecule has 0 radical (unpaired) electrons. The van der Waals surface area contributed by atoms with Gasteiger partial charge in [-0.2, -0.15) is 0 Å². The molecule has 0 aliphatic heterocycles. The van der Waals surface area contributed by atoms with Crippen molar-refractivity contribution < 1.29 is 14.7 Å². The van der Waals surface area contributed by atoms with Crippen LogP contribution in [0.2, 0.25) is 5.02 Å². The summed E-state index contributed by atoms with van der Waals surface area (Å²) in [5.41, 5.74) is 1.33. The van der Waals surface area contributed by atoms with Crippen LogP contribution in [0.5, 0.6) is 0 Å². The first-order valence-corrected chi connectivity index (χ1v) is 7.22. The minimum Gasteiger partial charge on any atom is -0.393 e. The maximum Gasteiger partial charge on any atom is 0.313 e. The molecule has 0 aliphatic rings. The highest BCUT2D eigenvalue weighted by molar-refractivity contribution is 6.41. The lowest BCUT2D eigenvalue weighted by Gasteiger charge is -2.14. The molecule has 1 atom stereocenters. The number of carbonyl (C=O) groups excluding carboxylic acids is 2. The van der Waals surface area contributed by atoms with Crippen LogP contribution in [0.4, 0.5) is 5.69 Å². The molecule has 1 rings (SSSR count). The van der Waals surface area contributed by atoms with Crippen LogP contribution in [0.15, 0.2) is 18.2 Å². The Morgan fingerprint density at radius 1 is 1.29 bits per heavy atom. The molecular weight excluding hydrogens is 292 g/mol. The van der Waals surface area contributed by atoms with Crippen LogP contribution in [0, 0.1) is 12.8 Å². The van der Waals surface area contributed by atoms with Crippen LogP contribution < -0.4 is 10.6 Å². The van der Waals surface area contributed by atoms with Gasteiger partial charge in [-0.15, -0.1) is 0 Å². The number of anilines is 1. The van der Waals surface area contributed by atoms with Gasteiger partial charge in [0.2, 0.25) is 0 Å². The van der Waals surface area contributed by atoms with Crippen LogP contribution >= 0.6 is 11.6 Å². The van der Waals surface area contributed by atoms with Crippen molar-refractivity contribution in [3.8, 4) is 0 Å². The smallest absolute Gasteiger partial charge is 0.313 e. The molecule has 0 saturated carbocycles. The first-order valence-electron chi connectivity index (χ1n) is 6.84. The first kappa shape index (κ1) is 17.5. The molecule has 21 heavy (non-hydrogen) atoms. The fourth-order valence-electron chi connectivity index (χ4n) is 1.66. The summed E-state index contributed by atoms with van der Waals surface area (Å²) in [6.07, 6.45) is -0.0957. The van der Waals surface area contributed by atoms with E-state index < -0.39 is 17.9 Å². The first-order chi connectivity index (χ1) is 9.81. The number of nitrogens with one attached hydrogen (secondary N) is 2. The average molecular weight is 313 g/mol. The molecule has 6 heteroatoms. The predicted octanol–water partition coefficient (Wildman–Crippen LogP) is 2.11. The van der Waals surface area contributed by atoms with Crippen molar-refractivity contribution >= 4 is 29.1 Å². The lowest BCUT2D eigenvalue weighted by Crippen LogP contribution is -2.37. The third-order valence-electron chi connectivity index (χ3n) is 3.07. The molecule has 1 aromatic rings. The maximum atomic E-state index is 11.7. The Balaban J connectivity index is 2.48. The number of carbonyl (C=O) groups is 2. The lowest BCUT2D eigenvalue weighted by molar-refractivity contribution is -0.136. The average Bonchev–Trinajstić information content (AvgIpc) is 2.42. The van der Waals surface area contributed by atoms with Gasteiger partial charge in [-0.25, -0.2) is 0 Å². The summed E-state index contributed by atoms with van der Waals surface area (Å²) in [4.78, 5) is 23.4. The summed E-state index contributed by atoms with van der Waals surface area (Å²) in [5, 5.41) is 14.9. The second-order valence-corrected chi connectivity index (χ2v) is 5.70. The number of amides is 2. The second kappa shape index (κ2) is 8.00. The van der Waals surface area contributed by atoms with Crippen LogP contribution in [-0.4, -0.2) is 29.6 Å². The highest BCUT2D eigenvalue weighted by Gasteiger charge is 2.16. The van der Waals surface area contributed by atoms with Crippen molar-refractivity contribution in [2.45, 2.75) is 33.3 Å². The molecule has 0 aliphatic carbocycles. The standard InChI is InChI=1S/C15H21ClN2O3/c1-9(2)13(19)6-7-17-14(20)15(21)18-12-8-10(3)4-5-11(12)16/h4-5,8-9,13,19H,6-7H2,1-3H3,(H,17,20)(H,18,21). The topological polar surface area (TPSA) is 78.4 Å². The van der Waals surface area contributed by atoms with Gasteiger partial charge in [0.25, 0.3) is 0 Å². The van der Waals surface area contributed by atoms with Gasteiger partial charge >= 0.3 is 11.8 Å². The number of benzene rings is 1. The number of aliphatic hydroxyl groups excluding tert-OH is 1. The van der Waals surface area contributed by atoms with E-state index in [9.17, 15) is 14.7 Å². The monoisotopic (exact) mass is 312 g/mol. The zero-order chi connectivity index (χ0) is 16.0. The molecule has 0 bridgehead atoms. The number of aryl methyl sites for hydroxylation is 1. The molecule has 5 nitrogen and oxygen atoms in total. The summed E-state index contributed by atoms with van der Waals surface area (Å²) in [7, 11) is 0. The fourth-order valence-corrected chi connectivity index (χ4v) is 1.83. The highest BCUT2D eigenvalue weighted by atomic mass is 35.5. The van der Waals surface area contributed by atoms with Gasteiger partial charge in [0, 0.05) is 6.54 Å². The Hall–Kier alpha value is -1.59. The number of rotatable bonds is 5. The molecule has 0 saturated heterocycles. The summed E-state index contributed by atoms with van der Waals surface area (Å²) < 4.78 is 0. The third-order valence-corrected chi connectivity index (χ3v) is 3.40. The zero-order valence-electron chi connectivity index (χ0n) is 12.4. The van der Waals surface area contributed by atoms with Gasteiger partial charge in [0.1, 0.15) is 0 Å². The van der Waals surface area contributed by atoms with E-state index in [4.69, 9.17) is 11.6 Å². The van der Waals surface area contributed by atoms with Crippen LogP contribution in [0.3, 0.4) is 0 Å². The van der Waals surface area contributed by atoms with Gasteiger partial charge in [0.15, 0.2) is 0 Å². The van der Waals surface area contributed by atoms with Crippen molar-refractivity contribution in [3.05, 3.63) is 28.8 Å². The molecule has 0 heterocycles. The summed E-state index contributed by atoms with van der Waals surface area (Å²) in [6.45, 7) is 5.88. The normalized spacial score (nSPS) is 12.1. The number of halogens is 1. The Bertz CT molecular complexity index is 518. The van der Waals surface area contributed by atoms with Crippen molar-refractivity contribution in [1.29, 1.82) is 0 Å². The van der Waals surface area contributed by atoms with E-state index in [1.54, 1.807) is 12.1 Å². The predicted molar refractivity (Wildman–Crippen MR) is 83.3 cm³/mol. The van der Waals surface area contributed by atoms with E-state index in [1.165, 1.54) is 0 Å². The van der Waals surface area contributed by atoms with Gasteiger partial charge < -0.3 is 15.7 Å². The zero-order valence-corrected chi connectivity index (χ0v) is 13.2. The molecule has 0 spiro atoms. The van der Waals surface area contributed by atoms with Gasteiger partial charge in [-0.3, -0.25) is 9.59 Å². The van der Waals surface area contributed by atoms with E-state index in [2.05, 4.69) is 10.6 Å². The summed E-state index contributed by atoms with van der Waals surface area (Å²) in [5.74, 6) is -1.41. The van der Waals surface area contributed by atoms with Crippen LogP contribution in [-0.2, 0) is 9.59 Å². The SMILES string of the molecule is Cc1ccc(Cl)c(NC(=O)C(=O)NCCC(O)C(C)C)c1. The molecule has 0 fully saturated rings. The minimum atomic E-state index is -0.776. The lowest BCUT2D eigenvalue weighted by atomic mass is 10.0. The number of hydrogen-bond acceptors (Lipinski definition) is 3. The molecule has 116 valence electrons. The van der Waals surface area contributed by atoms with E-state index >= 15 is 0 Å². The molecule has 0 aromatic heterocycles. The van der Waals surface area contributed by atoms with Gasteiger partial charge in [0.05, 0.1) is 16.8 Å². The van der Waals surface area contributed by atoms with Crippen LogP contribution in [0.25, 0.3) is 0 Å². The van der Waals surface area contributed by atoms with E-state index in [-0.39, 0.29) is 12.5 Å². The summed E-state index contributed by atoms with van der Waals surface area (Å²) >= 11 is 5.95. The van der Waals surface area contributed by atoms with E-state index in [0.29, 0.717) is 17.1 Å². The van der Waals surface area contributed by atoms with Crippen molar-refractivity contribution in [3.63, 3.8) is 0 Å². The van der Waals surface area contributed by atoms with E-state index in [0.717, 1.165) is 5.56 Å². The Morgan fingerprint density at radius 2 is 1.95 bits per heavy atom. The number of hydrogen-bond donors (Lipinski definition) is 3. The maximum absolute atomic E-state index is 11.7. The minimum absolute atomic E-state index is 0.113. The largest absolute Gasteiger partial charge is 0.393 e. The molecule has 2 amide bonds. The van der Waals surface area contributed by atoms with Crippen molar-refractivity contribution in [1.82, 2.24) is 5.32 Å². The molecule has 1 unspecified atom stereocenters. The van der Waals surface area contributed by atoms with Crippen molar-refractivity contribution in [2.24, 2.45) is 5.92 Å². The highest BCUT2D eigenvalue weighted by Crippen LogP contribution is 2.22. The second-order valence-electron chi connectivity index (χ2n) is 5.29. The van der Waals surface area contributed by atoms with Gasteiger partial charge in [-0.05, 0) is 37.0 Å². The fraction of sp³-hybridized carbons (Fsp3) is 0.467. The third kappa shape index (κ3) is 5.73. The molecule has 1 aromatic carbocycles. The van der Waals surface area contributed by atoms with Crippen molar-refractivity contribution in [2.75, 3.05) is 11.9 Å². The summed E-state index contributed by atoms with van der Waals surface area (Å²) in [6, 6.07) is 5.16.